The Balaban J connectivity index is 2.84. The van der Waals surface area contributed by atoms with E-state index in [1.807, 2.05) is 13.8 Å². The Morgan fingerprint density at radius 2 is 2.05 bits per heavy atom. The van der Waals surface area contributed by atoms with Crippen LogP contribution in [0.2, 0.25) is 0 Å². The predicted octanol–water partition coefficient (Wildman–Crippen LogP) is 2.05. The molecule has 2 N–H and O–H groups in total. The van der Waals surface area contributed by atoms with Crippen LogP contribution in [-0.4, -0.2) is 37.8 Å². The van der Waals surface area contributed by atoms with Crippen molar-refractivity contribution in [1.82, 2.24) is 20.3 Å². The summed E-state index contributed by atoms with van der Waals surface area (Å²) in [5.74, 6) is -0.847. The molecule has 1 aromatic heterocycles. The van der Waals surface area contributed by atoms with Crippen molar-refractivity contribution in [1.29, 1.82) is 0 Å². The minimum Gasteiger partial charge on any atom is -0.476 e. The molecule has 8 heteroatoms. The maximum absolute atomic E-state index is 11.7. The Labute approximate surface area is 129 Å². The van der Waals surface area contributed by atoms with E-state index in [2.05, 4.69) is 15.6 Å². The number of carboxylic acid groups (broad SMARTS) is 1. The van der Waals surface area contributed by atoms with Crippen LogP contribution < -0.4 is 5.32 Å². The van der Waals surface area contributed by atoms with Crippen molar-refractivity contribution < 1.29 is 19.4 Å². The van der Waals surface area contributed by atoms with Gasteiger partial charge in [0, 0.05) is 6.54 Å². The smallest absolute Gasteiger partial charge is 0.407 e. The van der Waals surface area contributed by atoms with Crippen LogP contribution in [0.5, 0.6) is 0 Å². The second-order valence-corrected chi connectivity index (χ2v) is 6.24. The summed E-state index contributed by atoms with van der Waals surface area (Å²) < 4.78 is 6.65. The zero-order valence-corrected chi connectivity index (χ0v) is 13.7. The second-order valence-electron chi connectivity index (χ2n) is 6.24. The molecule has 0 aliphatic rings. The third-order valence-corrected chi connectivity index (χ3v) is 3.02. The van der Waals surface area contributed by atoms with Gasteiger partial charge in [-0.3, -0.25) is 0 Å². The number of carboxylic acids is 1. The van der Waals surface area contributed by atoms with E-state index < -0.39 is 17.7 Å². The first kappa shape index (κ1) is 17.9. The van der Waals surface area contributed by atoms with E-state index in [9.17, 15) is 9.59 Å². The molecule has 1 aromatic rings. The van der Waals surface area contributed by atoms with E-state index in [4.69, 9.17) is 9.84 Å². The molecule has 124 valence electrons. The highest BCUT2D eigenvalue weighted by Crippen LogP contribution is 2.12. The van der Waals surface area contributed by atoms with Crippen LogP contribution in [0, 0.1) is 5.92 Å². The SMILES string of the molecule is CCC(C)Cn1nnc(C(=O)O)c1CNC(=O)OC(C)(C)C. The Bertz CT molecular complexity index is 533. The second kappa shape index (κ2) is 7.24. The predicted molar refractivity (Wildman–Crippen MR) is 79.5 cm³/mol. The largest absolute Gasteiger partial charge is 0.476 e. The molecule has 1 rings (SSSR count). The minimum atomic E-state index is -1.17. The molecule has 0 bridgehead atoms. The summed E-state index contributed by atoms with van der Waals surface area (Å²) in [4.78, 5) is 22.9. The van der Waals surface area contributed by atoms with Gasteiger partial charge in [-0.05, 0) is 26.7 Å². The lowest BCUT2D eigenvalue weighted by molar-refractivity contribution is 0.0519. The van der Waals surface area contributed by atoms with Gasteiger partial charge in [0.25, 0.3) is 0 Å². The molecule has 0 aliphatic carbocycles. The highest BCUT2D eigenvalue weighted by molar-refractivity contribution is 5.86. The van der Waals surface area contributed by atoms with Crippen molar-refractivity contribution in [2.75, 3.05) is 0 Å². The molecule has 1 unspecified atom stereocenters. The first-order valence-corrected chi connectivity index (χ1v) is 7.26. The van der Waals surface area contributed by atoms with Gasteiger partial charge >= 0.3 is 12.1 Å². The van der Waals surface area contributed by atoms with Crippen LogP contribution in [0.25, 0.3) is 0 Å². The van der Waals surface area contributed by atoms with Gasteiger partial charge in [0.15, 0.2) is 5.69 Å². The number of nitrogens with zero attached hydrogens (tertiary/aromatic N) is 3. The lowest BCUT2D eigenvalue weighted by atomic mass is 10.1. The zero-order chi connectivity index (χ0) is 16.9. The Hall–Kier alpha value is -2.12. The van der Waals surface area contributed by atoms with E-state index in [-0.39, 0.29) is 12.2 Å². The van der Waals surface area contributed by atoms with Crippen molar-refractivity contribution >= 4 is 12.1 Å². The number of carbonyl (C=O) groups is 2. The van der Waals surface area contributed by atoms with Gasteiger partial charge in [-0.2, -0.15) is 0 Å². The number of aromatic nitrogens is 3. The van der Waals surface area contributed by atoms with Crippen molar-refractivity contribution in [2.24, 2.45) is 5.92 Å². The lowest BCUT2D eigenvalue weighted by Gasteiger charge is -2.20. The molecule has 1 atom stereocenters. The minimum absolute atomic E-state index is 0.0000189. The Morgan fingerprint density at radius 1 is 1.41 bits per heavy atom. The monoisotopic (exact) mass is 312 g/mol. The van der Waals surface area contributed by atoms with Crippen LogP contribution in [0.4, 0.5) is 4.79 Å². The molecule has 0 saturated heterocycles. The summed E-state index contributed by atoms with van der Waals surface area (Å²) in [6, 6.07) is 0. The summed E-state index contributed by atoms with van der Waals surface area (Å²) in [6.45, 7) is 9.88. The molecule has 0 aliphatic heterocycles. The van der Waals surface area contributed by atoms with E-state index in [0.717, 1.165) is 6.42 Å². The van der Waals surface area contributed by atoms with Gasteiger partial charge in [0.1, 0.15) is 5.60 Å². The topological polar surface area (TPSA) is 106 Å². The summed E-state index contributed by atoms with van der Waals surface area (Å²) in [6.07, 6.45) is 0.321. The average Bonchev–Trinajstić information content (AvgIpc) is 2.77. The van der Waals surface area contributed by atoms with Crippen LogP contribution in [0.15, 0.2) is 0 Å². The average molecular weight is 312 g/mol. The van der Waals surface area contributed by atoms with Crippen LogP contribution in [0.3, 0.4) is 0 Å². The normalized spacial score (nSPS) is 12.8. The molecule has 0 radical (unpaired) electrons. The summed E-state index contributed by atoms with van der Waals surface area (Å²) in [5, 5.41) is 19.3. The van der Waals surface area contributed by atoms with Crippen LogP contribution >= 0.6 is 0 Å². The number of alkyl carbamates (subject to hydrolysis) is 1. The van der Waals surface area contributed by atoms with Gasteiger partial charge in [-0.1, -0.05) is 25.5 Å². The molecule has 0 saturated carbocycles. The highest BCUT2D eigenvalue weighted by Gasteiger charge is 2.22. The van der Waals surface area contributed by atoms with E-state index in [1.54, 1.807) is 20.8 Å². The molecule has 1 heterocycles. The number of nitrogens with one attached hydrogen (secondary N) is 1. The fourth-order valence-corrected chi connectivity index (χ4v) is 1.71. The molecular weight excluding hydrogens is 288 g/mol. The first-order chi connectivity index (χ1) is 10.1. The quantitative estimate of drug-likeness (QED) is 0.832. The Morgan fingerprint density at radius 3 is 2.55 bits per heavy atom. The zero-order valence-electron chi connectivity index (χ0n) is 13.7. The maximum Gasteiger partial charge on any atom is 0.407 e. The molecular formula is C14H24N4O4. The fraction of sp³-hybridized carbons (Fsp3) is 0.714. The van der Waals surface area contributed by atoms with Crippen molar-refractivity contribution in [2.45, 2.75) is 59.7 Å². The molecule has 0 fully saturated rings. The van der Waals surface area contributed by atoms with Gasteiger partial charge in [0.2, 0.25) is 0 Å². The molecule has 8 nitrogen and oxygen atoms in total. The third kappa shape index (κ3) is 5.34. The number of hydrogen-bond acceptors (Lipinski definition) is 5. The molecule has 0 aromatic carbocycles. The number of aromatic carboxylic acids is 1. The summed E-state index contributed by atoms with van der Waals surface area (Å²) in [5.41, 5.74) is -0.410. The standard InChI is InChI=1S/C14H24N4O4/c1-6-9(2)8-18-10(11(12(19)20)16-17-18)7-15-13(21)22-14(3,4)5/h9H,6-8H2,1-5H3,(H,15,21)(H,19,20). The fourth-order valence-electron chi connectivity index (χ4n) is 1.71. The van der Waals surface area contributed by atoms with Crippen LogP contribution in [-0.2, 0) is 17.8 Å². The van der Waals surface area contributed by atoms with Crippen molar-refractivity contribution in [3.8, 4) is 0 Å². The maximum atomic E-state index is 11.7. The van der Waals surface area contributed by atoms with E-state index in [1.165, 1.54) is 4.68 Å². The summed E-state index contributed by atoms with van der Waals surface area (Å²) in [7, 11) is 0. The molecule has 0 spiro atoms. The number of amides is 1. The molecule has 22 heavy (non-hydrogen) atoms. The number of ether oxygens (including phenoxy) is 1. The van der Waals surface area contributed by atoms with E-state index in [0.29, 0.717) is 18.2 Å². The number of carbonyl (C=O) groups excluding carboxylic acids is 1. The van der Waals surface area contributed by atoms with Crippen molar-refractivity contribution in [3.63, 3.8) is 0 Å². The Kier molecular flexibility index (Phi) is 5.90. The van der Waals surface area contributed by atoms with Gasteiger partial charge in [-0.25, -0.2) is 14.3 Å². The number of rotatable bonds is 6. The van der Waals surface area contributed by atoms with Gasteiger partial charge < -0.3 is 15.2 Å². The van der Waals surface area contributed by atoms with Gasteiger partial charge in [0.05, 0.1) is 12.2 Å². The third-order valence-electron chi connectivity index (χ3n) is 3.02. The van der Waals surface area contributed by atoms with Crippen LogP contribution in [0.1, 0.15) is 57.2 Å². The summed E-state index contributed by atoms with van der Waals surface area (Å²) >= 11 is 0. The van der Waals surface area contributed by atoms with Gasteiger partial charge in [-0.15, -0.1) is 5.10 Å². The molecule has 1 amide bonds. The highest BCUT2D eigenvalue weighted by atomic mass is 16.6. The van der Waals surface area contributed by atoms with E-state index >= 15 is 0 Å². The number of hydrogen-bond donors (Lipinski definition) is 2. The van der Waals surface area contributed by atoms with Crippen molar-refractivity contribution in [3.05, 3.63) is 11.4 Å². The lowest BCUT2D eigenvalue weighted by Crippen LogP contribution is -2.33. The first-order valence-electron chi connectivity index (χ1n) is 7.26.